The number of hydrazone groups is 1. The van der Waals surface area contributed by atoms with E-state index >= 15 is 0 Å². The molecule has 0 saturated carbocycles. The van der Waals surface area contributed by atoms with Crippen molar-refractivity contribution in [1.82, 2.24) is 9.91 Å². The minimum Gasteiger partial charge on any atom is -0.493 e. The van der Waals surface area contributed by atoms with Crippen LogP contribution in [-0.4, -0.2) is 88.4 Å². The summed E-state index contributed by atoms with van der Waals surface area (Å²) >= 11 is 0. The molecule has 2 aliphatic rings. The molecule has 2 aliphatic heterocycles. The van der Waals surface area contributed by atoms with Crippen LogP contribution >= 0.6 is 0 Å². The van der Waals surface area contributed by atoms with Gasteiger partial charge < -0.3 is 23.8 Å². The second-order valence-electron chi connectivity index (χ2n) is 6.00. The summed E-state index contributed by atoms with van der Waals surface area (Å²) in [5, 5.41) is 6.43. The molecular weight excluding hydrogens is 338 g/mol. The third-order valence-corrected chi connectivity index (χ3v) is 4.26. The summed E-state index contributed by atoms with van der Waals surface area (Å²) in [5.74, 6) is 1.07. The number of carbonyl (C=O) groups excluding carboxylic acids is 1. The number of ether oxygens (including phenoxy) is 4. The van der Waals surface area contributed by atoms with Crippen molar-refractivity contribution in [1.29, 1.82) is 0 Å². The molecule has 0 spiro atoms. The van der Waals surface area contributed by atoms with E-state index in [0.29, 0.717) is 51.0 Å². The highest BCUT2D eigenvalue weighted by Crippen LogP contribution is 2.27. The quantitative estimate of drug-likeness (QED) is 0.689. The molecule has 0 radical (unpaired) electrons. The van der Waals surface area contributed by atoms with Gasteiger partial charge in [-0.3, -0.25) is 9.80 Å². The molecule has 142 valence electrons. The SMILES string of the molecule is COc1cc(/C=N/N2CCOCC2)ccc1OCC(=O)N1CCOCC1. The van der Waals surface area contributed by atoms with Gasteiger partial charge in [-0.05, 0) is 23.8 Å². The Labute approximate surface area is 153 Å². The van der Waals surface area contributed by atoms with Crippen molar-refractivity contribution in [3.05, 3.63) is 23.8 Å². The summed E-state index contributed by atoms with van der Waals surface area (Å²) in [4.78, 5) is 13.9. The van der Waals surface area contributed by atoms with Crippen LogP contribution in [-0.2, 0) is 14.3 Å². The zero-order valence-electron chi connectivity index (χ0n) is 15.1. The monoisotopic (exact) mass is 363 g/mol. The predicted octanol–water partition coefficient (Wildman–Crippen LogP) is 0.599. The standard InChI is InChI=1S/C18H25N3O5/c1-23-17-12-15(13-19-21-6-10-25-11-7-21)2-3-16(17)26-14-18(22)20-4-8-24-9-5-20/h2-3,12-13H,4-11,14H2,1H3/b19-13+. The first-order chi connectivity index (χ1) is 12.8. The van der Waals surface area contributed by atoms with Gasteiger partial charge in [0.05, 0.1) is 52.8 Å². The van der Waals surface area contributed by atoms with Gasteiger partial charge in [-0.1, -0.05) is 0 Å². The molecule has 1 aromatic rings. The van der Waals surface area contributed by atoms with Crippen LogP contribution in [0.3, 0.4) is 0 Å². The Morgan fingerprint density at radius 1 is 1.12 bits per heavy atom. The second-order valence-corrected chi connectivity index (χ2v) is 6.00. The van der Waals surface area contributed by atoms with Gasteiger partial charge in [0.1, 0.15) is 0 Å². The molecule has 26 heavy (non-hydrogen) atoms. The average Bonchev–Trinajstić information content (AvgIpc) is 2.72. The maximum atomic E-state index is 12.2. The Balaban J connectivity index is 1.57. The molecule has 0 aromatic heterocycles. The average molecular weight is 363 g/mol. The topological polar surface area (TPSA) is 72.8 Å². The van der Waals surface area contributed by atoms with Gasteiger partial charge in [0.2, 0.25) is 0 Å². The lowest BCUT2D eigenvalue weighted by molar-refractivity contribution is -0.137. The van der Waals surface area contributed by atoms with E-state index in [9.17, 15) is 4.79 Å². The lowest BCUT2D eigenvalue weighted by atomic mass is 10.2. The number of carbonyl (C=O) groups is 1. The normalized spacial score (nSPS) is 18.2. The summed E-state index contributed by atoms with van der Waals surface area (Å²) < 4.78 is 21.6. The highest BCUT2D eigenvalue weighted by molar-refractivity contribution is 5.81. The van der Waals surface area contributed by atoms with Crippen molar-refractivity contribution in [3.63, 3.8) is 0 Å². The third-order valence-electron chi connectivity index (χ3n) is 4.26. The number of morpholine rings is 2. The smallest absolute Gasteiger partial charge is 0.260 e. The van der Waals surface area contributed by atoms with Crippen molar-refractivity contribution in [2.24, 2.45) is 5.10 Å². The molecule has 2 heterocycles. The molecule has 0 unspecified atom stereocenters. The van der Waals surface area contributed by atoms with Gasteiger partial charge in [-0.2, -0.15) is 5.10 Å². The number of rotatable bonds is 6. The zero-order valence-corrected chi connectivity index (χ0v) is 15.1. The first-order valence-corrected chi connectivity index (χ1v) is 8.79. The molecular formula is C18H25N3O5. The maximum absolute atomic E-state index is 12.2. The van der Waals surface area contributed by atoms with Crippen LogP contribution in [0.5, 0.6) is 11.5 Å². The highest BCUT2D eigenvalue weighted by Gasteiger charge is 2.18. The van der Waals surface area contributed by atoms with Crippen molar-refractivity contribution >= 4 is 12.1 Å². The molecule has 2 saturated heterocycles. The van der Waals surface area contributed by atoms with Gasteiger partial charge in [-0.25, -0.2) is 0 Å². The molecule has 0 bridgehead atoms. The van der Waals surface area contributed by atoms with Crippen LogP contribution in [0.15, 0.2) is 23.3 Å². The van der Waals surface area contributed by atoms with Crippen molar-refractivity contribution < 1.29 is 23.7 Å². The molecule has 1 aromatic carbocycles. The summed E-state index contributed by atoms with van der Waals surface area (Å²) in [6.45, 7) is 5.33. The fourth-order valence-corrected chi connectivity index (χ4v) is 2.74. The molecule has 0 atom stereocenters. The van der Waals surface area contributed by atoms with Crippen LogP contribution in [0.4, 0.5) is 0 Å². The minimum atomic E-state index is -0.0479. The van der Waals surface area contributed by atoms with Gasteiger partial charge in [0.25, 0.3) is 5.91 Å². The Morgan fingerprint density at radius 2 is 1.81 bits per heavy atom. The summed E-state index contributed by atoms with van der Waals surface area (Å²) in [6.07, 6.45) is 1.79. The fraction of sp³-hybridized carbons (Fsp3) is 0.556. The van der Waals surface area contributed by atoms with Crippen LogP contribution < -0.4 is 9.47 Å². The van der Waals surface area contributed by atoms with Gasteiger partial charge >= 0.3 is 0 Å². The fourth-order valence-electron chi connectivity index (χ4n) is 2.74. The Hall–Kier alpha value is -2.32. The molecule has 8 heteroatoms. The van der Waals surface area contributed by atoms with E-state index in [1.54, 1.807) is 24.3 Å². The summed E-state index contributed by atoms with van der Waals surface area (Å²) in [5.41, 5.74) is 0.903. The first kappa shape index (κ1) is 18.5. The first-order valence-electron chi connectivity index (χ1n) is 8.79. The molecule has 0 N–H and O–H groups in total. The van der Waals surface area contributed by atoms with Crippen molar-refractivity contribution in [3.8, 4) is 11.5 Å². The van der Waals surface area contributed by atoms with Crippen molar-refractivity contribution in [2.45, 2.75) is 0 Å². The van der Waals surface area contributed by atoms with E-state index in [0.717, 1.165) is 18.7 Å². The van der Waals surface area contributed by atoms with E-state index in [4.69, 9.17) is 18.9 Å². The lowest BCUT2D eigenvalue weighted by Crippen LogP contribution is -2.43. The predicted molar refractivity (Wildman–Crippen MR) is 95.9 cm³/mol. The number of amides is 1. The van der Waals surface area contributed by atoms with E-state index in [1.165, 1.54) is 0 Å². The number of methoxy groups -OCH3 is 1. The third kappa shape index (κ3) is 5.09. The molecule has 1 amide bonds. The lowest BCUT2D eigenvalue weighted by Gasteiger charge is -2.26. The summed E-state index contributed by atoms with van der Waals surface area (Å²) in [6, 6.07) is 5.53. The Morgan fingerprint density at radius 3 is 2.50 bits per heavy atom. The molecule has 8 nitrogen and oxygen atoms in total. The van der Waals surface area contributed by atoms with Crippen LogP contribution in [0, 0.1) is 0 Å². The number of nitrogens with zero attached hydrogens (tertiary/aromatic N) is 3. The van der Waals surface area contributed by atoms with Crippen LogP contribution in [0.2, 0.25) is 0 Å². The Kier molecular flexibility index (Phi) is 6.68. The summed E-state index contributed by atoms with van der Waals surface area (Å²) in [7, 11) is 1.58. The van der Waals surface area contributed by atoms with Gasteiger partial charge in [-0.15, -0.1) is 0 Å². The van der Waals surface area contributed by atoms with Crippen LogP contribution in [0.25, 0.3) is 0 Å². The van der Waals surface area contributed by atoms with E-state index < -0.39 is 0 Å². The molecule has 2 fully saturated rings. The molecule has 3 rings (SSSR count). The van der Waals surface area contributed by atoms with Gasteiger partial charge in [0.15, 0.2) is 18.1 Å². The Bertz CT molecular complexity index is 625. The number of hydrogen-bond donors (Lipinski definition) is 0. The number of hydrogen-bond acceptors (Lipinski definition) is 7. The zero-order chi connectivity index (χ0) is 18.2. The number of benzene rings is 1. The van der Waals surface area contributed by atoms with E-state index in [-0.39, 0.29) is 12.5 Å². The molecule has 0 aliphatic carbocycles. The largest absolute Gasteiger partial charge is 0.493 e. The van der Waals surface area contributed by atoms with Gasteiger partial charge in [0, 0.05) is 13.1 Å². The van der Waals surface area contributed by atoms with Crippen molar-refractivity contribution in [2.75, 3.05) is 66.3 Å². The minimum absolute atomic E-state index is 0.0163. The maximum Gasteiger partial charge on any atom is 0.260 e. The van der Waals surface area contributed by atoms with E-state index in [1.807, 2.05) is 17.1 Å². The van der Waals surface area contributed by atoms with E-state index in [2.05, 4.69) is 5.10 Å². The highest BCUT2D eigenvalue weighted by atomic mass is 16.5. The van der Waals surface area contributed by atoms with Crippen LogP contribution in [0.1, 0.15) is 5.56 Å². The second kappa shape index (κ2) is 9.40.